The Balaban J connectivity index is 1.53. The molecule has 0 saturated heterocycles. The molecule has 0 aliphatic heterocycles. The first kappa shape index (κ1) is 13.1. The van der Waals surface area contributed by atoms with Crippen molar-refractivity contribution >= 4 is 21.7 Å². The molecule has 2 heteroatoms. The molecular weight excluding hydrogens is 312 g/mol. The number of carbonyl (C=O) groups excluding carboxylic acids is 1. The average molecular weight is 333 g/mol. The van der Waals surface area contributed by atoms with Gasteiger partial charge in [0.25, 0.3) is 0 Å². The zero-order valence-corrected chi connectivity index (χ0v) is 13.3. The number of Topliss-reactive ketones (excluding diaryl/α,β-unsaturated/α-hetero) is 1. The SMILES string of the molecule is O=C(Cc1ccccc1Br)C1C2CC3CC(C2)CC1C3. The molecule has 0 spiro atoms. The minimum Gasteiger partial charge on any atom is -0.299 e. The molecule has 4 bridgehead atoms. The number of ketones is 1. The third kappa shape index (κ3) is 2.16. The molecule has 0 radical (unpaired) electrons. The van der Waals surface area contributed by atoms with E-state index in [2.05, 4.69) is 22.0 Å². The normalized spacial score (nSPS) is 38.1. The van der Waals surface area contributed by atoms with Crippen LogP contribution in [0, 0.1) is 29.6 Å². The van der Waals surface area contributed by atoms with Gasteiger partial charge >= 0.3 is 0 Å². The first-order valence-corrected chi connectivity index (χ1v) is 8.76. The molecule has 20 heavy (non-hydrogen) atoms. The van der Waals surface area contributed by atoms with Gasteiger partial charge in [0.2, 0.25) is 0 Å². The van der Waals surface area contributed by atoms with Crippen LogP contribution in [0.1, 0.15) is 37.7 Å². The zero-order valence-electron chi connectivity index (χ0n) is 11.7. The molecule has 0 amide bonds. The van der Waals surface area contributed by atoms with Gasteiger partial charge in [-0.2, -0.15) is 0 Å². The first-order valence-electron chi connectivity index (χ1n) is 7.97. The highest BCUT2D eigenvalue weighted by atomic mass is 79.9. The van der Waals surface area contributed by atoms with Gasteiger partial charge in [-0.3, -0.25) is 4.79 Å². The molecular formula is C18H21BrO. The monoisotopic (exact) mass is 332 g/mol. The van der Waals surface area contributed by atoms with E-state index < -0.39 is 0 Å². The maximum absolute atomic E-state index is 12.8. The summed E-state index contributed by atoms with van der Waals surface area (Å²) in [5, 5.41) is 0. The lowest BCUT2D eigenvalue weighted by Crippen LogP contribution is -2.48. The van der Waals surface area contributed by atoms with Crippen LogP contribution >= 0.6 is 15.9 Å². The maximum Gasteiger partial charge on any atom is 0.140 e. The van der Waals surface area contributed by atoms with E-state index >= 15 is 0 Å². The van der Waals surface area contributed by atoms with Crippen molar-refractivity contribution in [2.45, 2.75) is 38.5 Å². The second-order valence-electron chi connectivity index (χ2n) is 7.19. The van der Waals surface area contributed by atoms with Gasteiger partial charge in [-0.05, 0) is 67.4 Å². The van der Waals surface area contributed by atoms with Crippen LogP contribution in [0.4, 0.5) is 0 Å². The lowest BCUT2D eigenvalue weighted by molar-refractivity contribution is -0.135. The van der Waals surface area contributed by atoms with Gasteiger partial charge < -0.3 is 0 Å². The fourth-order valence-corrected chi connectivity index (χ4v) is 5.82. The summed E-state index contributed by atoms with van der Waals surface area (Å²) in [7, 11) is 0. The summed E-state index contributed by atoms with van der Waals surface area (Å²) in [5.41, 5.74) is 1.16. The maximum atomic E-state index is 12.8. The van der Waals surface area contributed by atoms with Crippen molar-refractivity contribution in [3.8, 4) is 0 Å². The van der Waals surface area contributed by atoms with Crippen LogP contribution in [0.3, 0.4) is 0 Å². The number of benzene rings is 1. The third-order valence-electron chi connectivity index (χ3n) is 5.92. The van der Waals surface area contributed by atoms with Gasteiger partial charge in [-0.1, -0.05) is 34.1 Å². The summed E-state index contributed by atoms with van der Waals surface area (Å²) in [6, 6.07) is 8.17. The van der Waals surface area contributed by atoms with Crippen molar-refractivity contribution in [1.29, 1.82) is 0 Å². The highest BCUT2D eigenvalue weighted by Crippen LogP contribution is 2.56. The molecule has 4 aliphatic carbocycles. The summed E-state index contributed by atoms with van der Waals surface area (Å²) in [6.45, 7) is 0. The minimum absolute atomic E-state index is 0.370. The number of hydrogen-bond donors (Lipinski definition) is 0. The smallest absolute Gasteiger partial charge is 0.140 e. The quantitative estimate of drug-likeness (QED) is 0.788. The minimum atomic E-state index is 0.370. The van der Waals surface area contributed by atoms with E-state index in [1.807, 2.05) is 18.2 Å². The lowest BCUT2D eigenvalue weighted by Gasteiger charge is -2.53. The Labute approximate surface area is 129 Å². The predicted molar refractivity (Wildman–Crippen MR) is 83.4 cm³/mol. The number of carbonyl (C=O) groups is 1. The molecule has 1 nitrogen and oxygen atoms in total. The standard InChI is InChI=1S/C18H21BrO/c19-16-4-2-1-3-13(16)10-17(20)18-14-6-11-5-12(8-14)9-15(18)7-11/h1-4,11-12,14-15,18H,5-10H2. The molecule has 1 aromatic carbocycles. The van der Waals surface area contributed by atoms with Gasteiger partial charge in [0.1, 0.15) is 5.78 Å². The van der Waals surface area contributed by atoms with Crippen LogP contribution in [-0.4, -0.2) is 5.78 Å². The highest BCUT2D eigenvalue weighted by molar-refractivity contribution is 9.10. The molecule has 0 N–H and O–H groups in total. The summed E-state index contributed by atoms with van der Waals surface area (Å²) in [4.78, 5) is 12.8. The Hall–Kier alpha value is -0.630. The molecule has 4 saturated carbocycles. The van der Waals surface area contributed by atoms with Crippen LogP contribution in [0.2, 0.25) is 0 Å². The van der Waals surface area contributed by atoms with Crippen LogP contribution in [0.25, 0.3) is 0 Å². The molecule has 106 valence electrons. The van der Waals surface area contributed by atoms with Crippen molar-refractivity contribution in [2.24, 2.45) is 29.6 Å². The van der Waals surface area contributed by atoms with E-state index in [4.69, 9.17) is 0 Å². The molecule has 4 fully saturated rings. The first-order chi connectivity index (χ1) is 9.70. The van der Waals surface area contributed by atoms with Gasteiger partial charge in [-0.15, -0.1) is 0 Å². The Morgan fingerprint density at radius 1 is 1.00 bits per heavy atom. The summed E-state index contributed by atoms with van der Waals surface area (Å²) in [5.74, 6) is 4.19. The third-order valence-corrected chi connectivity index (χ3v) is 6.69. The number of halogens is 1. The van der Waals surface area contributed by atoms with Gasteiger partial charge in [0.15, 0.2) is 0 Å². The van der Waals surface area contributed by atoms with Crippen LogP contribution in [-0.2, 0) is 11.2 Å². The summed E-state index contributed by atoms with van der Waals surface area (Å²) < 4.78 is 1.08. The Bertz CT molecular complexity index is 508. The van der Waals surface area contributed by atoms with Crippen molar-refractivity contribution < 1.29 is 4.79 Å². The fraction of sp³-hybridized carbons (Fsp3) is 0.611. The summed E-state index contributed by atoms with van der Waals surface area (Å²) in [6.07, 6.45) is 7.41. The zero-order chi connectivity index (χ0) is 13.7. The van der Waals surface area contributed by atoms with E-state index in [1.165, 1.54) is 32.1 Å². The van der Waals surface area contributed by atoms with Crippen LogP contribution < -0.4 is 0 Å². The van der Waals surface area contributed by atoms with Crippen molar-refractivity contribution in [3.63, 3.8) is 0 Å². The van der Waals surface area contributed by atoms with Crippen molar-refractivity contribution in [3.05, 3.63) is 34.3 Å². The molecule has 0 unspecified atom stereocenters. The summed E-state index contributed by atoms with van der Waals surface area (Å²) >= 11 is 3.57. The second kappa shape index (κ2) is 4.98. The molecule has 5 rings (SSSR count). The number of rotatable bonds is 3. The second-order valence-corrected chi connectivity index (χ2v) is 8.05. The Kier molecular flexibility index (Phi) is 3.25. The van der Waals surface area contributed by atoms with Gasteiger partial charge in [-0.25, -0.2) is 0 Å². The Morgan fingerprint density at radius 2 is 1.60 bits per heavy atom. The van der Waals surface area contributed by atoms with E-state index in [-0.39, 0.29) is 0 Å². The Morgan fingerprint density at radius 3 is 2.20 bits per heavy atom. The predicted octanol–water partition coefficient (Wildman–Crippen LogP) is 4.63. The topological polar surface area (TPSA) is 17.1 Å². The van der Waals surface area contributed by atoms with Gasteiger partial charge in [0, 0.05) is 16.8 Å². The molecule has 0 atom stereocenters. The van der Waals surface area contributed by atoms with Crippen molar-refractivity contribution in [1.82, 2.24) is 0 Å². The van der Waals surface area contributed by atoms with Crippen molar-refractivity contribution in [2.75, 3.05) is 0 Å². The van der Waals surface area contributed by atoms with E-state index in [0.717, 1.165) is 21.9 Å². The van der Waals surface area contributed by atoms with Gasteiger partial charge in [0.05, 0.1) is 0 Å². The highest BCUT2D eigenvalue weighted by Gasteiger charge is 2.50. The van der Waals surface area contributed by atoms with Crippen LogP contribution in [0.5, 0.6) is 0 Å². The van der Waals surface area contributed by atoms with E-state index in [9.17, 15) is 4.79 Å². The number of hydrogen-bond acceptors (Lipinski definition) is 1. The fourth-order valence-electron chi connectivity index (χ4n) is 5.40. The molecule has 0 aromatic heterocycles. The molecule has 4 aliphatic rings. The van der Waals surface area contributed by atoms with E-state index in [0.29, 0.717) is 30.0 Å². The largest absolute Gasteiger partial charge is 0.299 e. The molecule has 1 aromatic rings. The average Bonchev–Trinajstić information content (AvgIpc) is 2.40. The molecule has 0 heterocycles. The lowest BCUT2D eigenvalue weighted by atomic mass is 9.51. The van der Waals surface area contributed by atoms with E-state index in [1.54, 1.807) is 0 Å². The van der Waals surface area contributed by atoms with Crippen LogP contribution in [0.15, 0.2) is 28.7 Å².